The Balaban J connectivity index is 2.23. The first-order chi connectivity index (χ1) is 10.8. The molecule has 1 aliphatic rings. The molecule has 2 aromatic rings. The lowest BCUT2D eigenvalue weighted by Gasteiger charge is -2.33. The van der Waals surface area contributed by atoms with Gasteiger partial charge in [-0.3, -0.25) is 0 Å². The Morgan fingerprint density at radius 1 is 1.30 bits per heavy atom. The summed E-state index contributed by atoms with van der Waals surface area (Å²) in [7, 11) is 0. The summed E-state index contributed by atoms with van der Waals surface area (Å²) in [5, 5.41) is 0. The number of hydrogen-bond donors (Lipinski definition) is 1. The van der Waals surface area contributed by atoms with E-state index in [0.29, 0.717) is 22.8 Å². The number of hydrogen-bond acceptors (Lipinski definition) is 3. The molecule has 0 fully saturated rings. The van der Waals surface area contributed by atoms with Crippen LogP contribution in [0.1, 0.15) is 37.1 Å². The van der Waals surface area contributed by atoms with E-state index in [1.54, 1.807) is 12.1 Å². The molecule has 0 bridgehead atoms. The number of aryl methyl sites for hydroxylation is 1. The summed E-state index contributed by atoms with van der Waals surface area (Å²) in [5.74, 6) is 0.275. The molecule has 1 aliphatic heterocycles. The lowest BCUT2D eigenvalue weighted by atomic mass is 9.90. The fourth-order valence-corrected chi connectivity index (χ4v) is 2.86. The highest BCUT2D eigenvalue weighted by Crippen LogP contribution is 2.39. The van der Waals surface area contributed by atoms with Gasteiger partial charge in [0.25, 0.3) is 0 Å². The summed E-state index contributed by atoms with van der Waals surface area (Å²) in [6, 6.07) is 7.03. The molecule has 0 saturated heterocycles. The minimum absolute atomic E-state index is 0.253. The summed E-state index contributed by atoms with van der Waals surface area (Å²) >= 11 is 0. The summed E-state index contributed by atoms with van der Waals surface area (Å²) in [6.45, 7) is 9.66. The predicted octanol–water partition coefficient (Wildman–Crippen LogP) is 4.23. The van der Waals surface area contributed by atoms with E-state index in [1.807, 2.05) is 26.8 Å². The number of benzene rings is 1. The number of rotatable bonds is 2. The Bertz CT molecular complexity index is 796. The number of fused-ring (bicyclic) bond motifs is 1. The number of halogens is 1. The quantitative estimate of drug-likeness (QED) is 0.902. The van der Waals surface area contributed by atoms with Gasteiger partial charge in [-0.2, -0.15) is 0 Å². The van der Waals surface area contributed by atoms with Crippen molar-refractivity contribution in [3.8, 4) is 17.0 Å². The van der Waals surface area contributed by atoms with Crippen LogP contribution in [0.25, 0.3) is 16.8 Å². The molecular formula is C19H21FN2O. The van der Waals surface area contributed by atoms with Gasteiger partial charge in [0, 0.05) is 11.1 Å². The van der Waals surface area contributed by atoms with Crippen LogP contribution in [0.5, 0.6) is 5.88 Å². The normalized spacial score (nSPS) is 15.7. The van der Waals surface area contributed by atoms with Gasteiger partial charge in [-0.05, 0) is 56.9 Å². The fraction of sp³-hybridized carbons (Fsp3) is 0.316. The zero-order valence-corrected chi connectivity index (χ0v) is 13.7. The Hall–Kier alpha value is -2.36. The molecule has 0 amide bonds. The van der Waals surface area contributed by atoms with E-state index in [2.05, 4.69) is 11.6 Å². The first kappa shape index (κ1) is 15.5. The van der Waals surface area contributed by atoms with Gasteiger partial charge in [-0.15, -0.1) is 0 Å². The second kappa shape index (κ2) is 5.37. The summed E-state index contributed by atoms with van der Waals surface area (Å²) in [5.41, 5.74) is 9.52. The summed E-state index contributed by atoms with van der Waals surface area (Å²) in [4.78, 5) is 4.47. The number of nitrogens with two attached hydrogens (primary N) is 1. The Morgan fingerprint density at radius 3 is 2.70 bits per heavy atom. The Morgan fingerprint density at radius 2 is 2.04 bits per heavy atom. The molecule has 0 saturated carbocycles. The standard InChI is InChI=1S/C19H21FN2O/c1-11-5-6-13(16(20)9-11)15-10-17(12(2)21)22-18-14(15)7-8-19(3,4)23-18/h5-6,9-10H,2,7-8,21H2,1,3-4H3. The molecule has 0 aliphatic carbocycles. The van der Waals surface area contributed by atoms with E-state index < -0.39 is 0 Å². The average Bonchev–Trinajstić information content (AvgIpc) is 2.44. The van der Waals surface area contributed by atoms with Crippen molar-refractivity contribution < 1.29 is 9.13 Å². The first-order valence-corrected chi connectivity index (χ1v) is 7.71. The number of nitrogens with zero attached hydrogens (tertiary/aromatic N) is 1. The first-order valence-electron chi connectivity index (χ1n) is 7.71. The van der Waals surface area contributed by atoms with Crippen LogP contribution in [0.15, 0.2) is 30.8 Å². The number of pyridine rings is 1. The lowest BCUT2D eigenvalue weighted by Crippen LogP contribution is -2.33. The molecule has 3 rings (SSSR count). The largest absolute Gasteiger partial charge is 0.471 e. The van der Waals surface area contributed by atoms with E-state index in [4.69, 9.17) is 10.5 Å². The minimum Gasteiger partial charge on any atom is -0.471 e. The molecular weight excluding hydrogens is 291 g/mol. The summed E-state index contributed by atoms with van der Waals surface area (Å²) < 4.78 is 20.5. The average molecular weight is 312 g/mol. The predicted molar refractivity (Wildman–Crippen MR) is 90.6 cm³/mol. The van der Waals surface area contributed by atoms with Gasteiger partial charge in [0.15, 0.2) is 0 Å². The highest BCUT2D eigenvalue weighted by Gasteiger charge is 2.30. The summed E-state index contributed by atoms with van der Waals surface area (Å²) in [6.07, 6.45) is 1.64. The molecule has 2 N–H and O–H groups in total. The highest BCUT2D eigenvalue weighted by molar-refractivity contribution is 5.74. The molecule has 120 valence electrons. The van der Waals surface area contributed by atoms with Gasteiger partial charge in [0.05, 0.1) is 11.4 Å². The van der Waals surface area contributed by atoms with Gasteiger partial charge in [-0.25, -0.2) is 9.37 Å². The van der Waals surface area contributed by atoms with E-state index >= 15 is 0 Å². The van der Waals surface area contributed by atoms with Crippen molar-refractivity contribution in [3.05, 3.63) is 53.5 Å². The zero-order valence-electron chi connectivity index (χ0n) is 13.7. The van der Waals surface area contributed by atoms with Crippen LogP contribution in [-0.2, 0) is 6.42 Å². The third-order valence-electron chi connectivity index (χ3n) is 4.18. The van der Waals surface area contributed by atoms with Crippen LogP contribution in [0.4, 0.5) is 4.39 Å². The van der Waals surface area contributed by atoms with Crippen molar-refractivity contribution in [3.63, 3.8) is 0 Å². The zero-order chi connectivity index (χ0) is 16.8. The van der Waals surface area contributed by atoms with Gasteiger partial charge in [-0.1, -0.05) is 18.7 Å². The maximum absolute atomic E-state index is 14.5. The van der Waals surface area contributed by atoms with Crippen molar-refractivity contribution in [1.82, 2.24) is 4.98 Å². The SMILES string of the molecule is C=C(N)c1cc(-c2ccc(C)cc2F)c2c(n1)OC(C)(C)CC2. The van der Waals surface area contributed by atoms with Crippen molar-refractivity contribution in [2.45, 2.75) is 39.2 Å². The van der Waals surface area contributed by atoms with Crippen LogP contribution < -0.4 is 10.5 Å². The molecule has 0 unspecified atom stereocenters. The van der Waals surface area contributed by atoms with Gasteiger partial charge < -0.3 is 10.5 Å². The van der Waals surface area contributed by atoms with Crippen molar-refractivity contribution in [2.75, 3.05) is 0 Å². The van der Waals surface area contributed by atoms with E-state index in [1.165, 1.54) is 6.07 Å². The second-order valence-electron chi connectivity index (χ2n) is 6.71. The van der Waals surface area contributed by atoms with Crippen LogP contribution in [0.3, 0.4) is 0 Å². The third-order valence-corrected chi connectivity index (χ3v) is 4.18. The molecule has 0 spiro atoms. The van der Waals surface area contributed by atoms with E-state index in [0.717, 1.165) is 29.5 Å². The van der Waals surface area contributed by atoms with Crippen molar-refractivity contribution >= 4 is 5.70 Å². The monoisotopic (exact) mass is 312 g/mol. The van der Waals surface area contributed by atoms with E-state index in [9.17, 15) is 4.39 Å². The lowest BCUT2D eigenvalue weighted by molar-refractivity contribution is 0.0785. The van der Waals surface area contributed by atoms with E-state index in [-0.39, 0.29) is 11.4 Å². The molecule has 2 heterocycles. The number of ether oxygens (including phenoxy) is 1. The Labute approximate surface area is 136 Å². The van der Waals surface area contributed by atoms with Gasteiger partial charge >= 0.3 is 0 Å². The molecule has 4 heteroatoms. The number of aromatic nitrogens is 1. The van der Waals surface area contributed by atoms with Gasteiger partial charge in [0.2, 0.25) is 5.88 Å². The second-order valence-corrected chi connectivity index (χ2v) is 6.71. The Kier molecular flexibility index (Phi) is 3.63. The maximum atomic E-state index is 14.5. The molecule has 1 aromatic carbocycles. The molecule has 23 heavy (non-hydrogen) atoms. The smallest absolute Gasteiger partial charge is 0.218 e. The van der Waals surface area contributed by atoms with Gasteiger partial charge in [0.1, 0.15) is 11.4 Å². The van der Waals surface area contributed by atoms with Crippen molar-refractivity contribution in [1.29, 1.82) is 0 Å². The fourth-order valence-electron chi connectivity index (χ4n) is 2.86. The van der Waals surface area contributed by atoms with Crippen LogP contribution in [0.2, 0.25) is 0 Å². The maximum Gasteiger partial charge on any atom is 0.218 e. The molecule has 1 aromatic heterocycles. The van der Waals surface area contributed by atoms with Crippen LogP contribution in [0, 0.1) is 12.7 Å². The van der Waals surface area contributed by atoms with Crippen molar-refractivity contribution in [2.24, 2.45) is 5.73 Å². The third kappa shape index (κ3) is 2.93. The molecule has 3 nitrogen and oxygen atoms in total. The minimum atomic E-state index is -0.294. The van der Waals surface area contributed by atoms with Crippen LogP contribution in [-0.4, -0.2) is 10.6 Å². The molecule has 0 atom stereocenters. The molecule has 0 radical (unpaired) electrons. The highest BCUT2D eigenvalue weighted by atomic mass is 19.1. The topological polar surface area (TPSA) is 48.1 Å². The van der Waals surface area contributed by atoms with Crippen LogP contribution >= 0.6 is 0 Å².